The minimum Gasteiger partial charge on any atom is -0.493 e. The fourth-order valence-corrected chi connectivity index (χ4v) is 6.66. The zero-order valence-corrected chi connectivity index (χ0v) is 27.7. The average Bonchev–Trinajstić information content (AvgIpc) is 3.70. The molecule has 1 aliphatic carbocycles. The SMILES string of the molecule is COc1ncnc2c1ccn2C1CC(COc2ccc3cc(Cl)c(N=C(c4ccccc4)c4ccccc4)nc3c2)[C@@H](OC(C)(C)O)C1. The highest BCUT2D eigenvalue weighted by Crippen LogP contribution is 2.41. The summed E-state index contributed by atoms with van der Waals surface area (Å²) in [6.45, 7) is 3.70. The molecule has 1 fully saturated rings. The second-order valence-electron chi connectivity index (χ2n) is 12.5. The Morgan fingerprint density at radius 3 is 2.38 bits per heavy atom. The van der Waals surface area contributed by atoms with Crippen LogP contribution in [0.2, 0.25) is 5.02 Å². The summed E-state index contributed by atoms with van der Waals surface area (Å²) in [5.41, 5.74) is 4.24. The van der Waals surface area contributed by atoms with Crippen molar-refractivity contribution in [1.82, 2.24) is 19.5 Å². The first-order valence-corrected chi connectivity index (χ1v) is 16.3. The van der Waals surface area contributed by atoms with Crippen LogP contribution in [0.1, 0.15) is 43.9 Å². The van der Waals surface area contributed by atoms with Gasteiger partial charge in [-0.15, -0.1) is 0 Å². The van der Waals surface area contributed by atoms with Crippen LogP contribution >= 0.6 is 11.6 Å². The maximum Gasteiger partial charge on any atom is 0.225 e. The Hall–Kier alpha value is -4.83. The maximum absolute atomic E-state index is 10.6. The van der Waals surface area contributed by atoms with Gasteiger partial charge in [-0.25, -0.2) is 19.9 Å². The number of halogens is 1. The van der Waals surface area contributed by atoms with Crippen molar-refractivity contribution in [3.05, 3.63) is 120 Å². The Kier molecular flexibility index (Phi) is 8.83. The van der Waals surface area contributed by atoms with Crippen LogP contribution in [-0.4, -0.2) is 55.9 Å². The van der Waals surface area contributed by atoms with Gasteiger partial charge in [-0.2, -0.15) is 0 Å². The van der Waals surface area contributed by atoms with E-state index in [0.29, 0.717) is 35.5 Å². The number of aromatic nitrogens is 4. The van der Waals surface area contributed by atoms with Crippen LogP contribution in [-0.2, 0) is 4.74 Å². The van der Waals surface area contributed by atoms with Gasteiger partial charge in [0.05, 0.1) is 41.5 Å². The summed E-state index contributed by atoms with van der Waals surface area (Å²) in [7, 11) is 1.60. The lowest BCUT2D eigenvalue weighted by Gasteiger charge is -2.27. The molecule has 3 aromatic carbocycles. The molecular weight excluding hydrogens is 626 g/mol. The highest BCUT2D eigenvalue weighted by molar-refractivity contribution is 6.33. The van der Waals surface area contributed by atoms with Crippen LogP contribution in [0.4, 0.5) is 5.82 Å². The van der Waals surface area contributed by atoms with Crippen LogP contribution in [0.3, 0.4) is 0 Å². The van der Waals surface area contributed by atoms with E-state index in [1.165, 1.54) is 6.33 Å². The number of hydrogen-bond donors (Lipinski definition) is 1. The zero-order valence-electron chi connectivity index (χ0n) is 27.0. The van der Waals surface area contributed by atoms with Crippen LogP contribution in [0.25, 0.3) is 21.9 Å². The van der Waals surface area contributed by atoms with Gasteiger partial charge in [0, 0.05) is 40.7 Å². The van der Waals surface area contributed by atoms with E-state index in [4.69, 9.17) is 35.8 Å². The average molecular weight is 662 g/mol. The van der Waals surface area contributed by atoms with Crippen LogP contribution in [0.15, 0.2) is 109 Å². The van der Waals surface area contributed by atoms with Gasteiger partial charge in [0.15, 0.2) is 11.6 Å². The third-order valence-electron chi connectivity index (χ3n) is 8.60. The molecule has 48 heavy (non-hydrogen) atoms. The fraction of sp³-hybridized carbons (Fsp3) is 0.263. The molecule has 0 amide bonds. The Labute approximate surface area is 283 Å². The molecule has 0 aliphatic heterocycles. The number of methoxy groups -OCH3 is 1. The predicted octanol–water partition coefficient (Wildman–Crippen LogP) is 7.95. The Morgan fingerprint density at radius 2 is 1.69 bits per heavy atom. The maximum atomic E-state index is 10.6. The molecule has 1 saturated carbocycles. The number of aliphatic imine (C=N–C) groups is 1. The van der Waals surface area contributed by atoms with Crippen LogP contribution in [0.5, 0.6) is 11.6 Å². The zero-order chi connectivity index (χ0) is 33.3. The summed E-state index contributed by atoms with van der Waals surface area (Å²) in [4.78, 5) is 18.6. The molecule has 6 aromatic rings. The number of ether oxygens (including phenoxy) is 3. The quantitative estimate of drug-likeness (QED) is 0.117. The predicted molar refractivity (Wildman–Crippen MR) is 187 cm³/mol. The molecule has 0 spiro atoms. The first-order valence-electron chi connectivity index (χ1n) is 15.9. The van der Waals surface area contributed by atoms with Gasteiger partial charge < -0.3 is 23.9 Å². The highest BCUT2D eigenvalue weighted by Gasteiger charge is 2.39. The number of benzene rings is 3. The van der Waals surface area contributed by atoms with Crippen molar-refractivity contribution in [1.29, 1.82) is 0 Å². The minimum atomic E-state index is -1.29. The van der Waals surface area contributed by atoms with Crippen molar-refractivity contribution in [2.75, 3.05) is 13.7 Å². The summed E-state index contributed by atoms with van der Waals surface area (Å²) < 4.78 is 20.1. The van der Waals surface area contributed by atoms with Gasteiger partial charge in [-0.05, 0) is 51.0 Å². The minimum absolute atomic E-state index is 0.0101. The van der Waals surface area contributed by atoms with E-state index in [1.807, 2.05) is 97.2 Å². The molecule has 7 rings (SSSR count). The van der Waals surface area contributed by atoms with Gasteiger partial charge >= 0.3 is 0 Å². The topological polar surface area (TPSA) is 104 Å². The smallest absolute Gasteiger partial charge is 0.225 e. The van der Waals surface area contributed by atoms with Crippen LogP contribution in [0, 0.1) is 5.92 Å². The largest absolute Gasteiger partial charge is 0.493 e. The molecule has 3 aromatic heterocycles. The van der Waals surface area contributed by atoms with Crippen molar-refractivity contribution in [3.8, 4) is 11.6 Å². The molecule has 1 aliphatic rings. The van der Waals surface area contributed by atoms with Crippen molar-refractivity contribution >= 4 is 45.1 Å². The lowest BCUT2D eigenvalue weighted by atomic mass is 10.0. The van der Waals surface area contributed by atoms with E-state index < -0.39 is 5.79 Å². The third kappa shape index (κ3) is 6.75. The molecule has 9 nitrogen and oxygen atoms in total. The molecule has 244 valence electrons. The third-order valence-corrected chi connectivity index (χ3v) is 8.88. The molecular formula is C38H36ClN5O4. The highest BCUT2D eigenvalue weighted by atomic mass is 35.5. The summed E-state index contributed by atoms with van der Waals surface area (Å²) >= 11 is 6.74. The van der Waals surface area contributed by atoms with Crippen LogP contribution < -0.4 is 9.47 Å². The summed E-state index contributed by atoms with van der Waals surface area (Å²) in [5.74, 6) is 0.366. The number of fused-ring (bicyclic) bond motifs is 2. The van der Waals surface area contributed by atoms with E-state index in [0.717, 1.165) is 45.2 Å². The monoisotopic (exact) mass is 661 g/mol. The molecule has 0 bridgehead atoms. The lowest BCUT2D eigenvalue weighted by Crippen LogP contribution is -2.34. The molecule has 3 heterocycles. The number of nitrogens with zero attached hydrogens (tertiary/aromatic N) is 5. The summed E-state index contributed by atoms with van der Waals surface area (Å²) in [6, 6.07) is 29.8. The van der Waals surface area contributed by atoms with Gasteiger partial charge in [0.25, 0.3) is 0 Å². The first kappa shape index (κ1) is 31.8. The molecule has 1 N–H and O–H groups in total. The fourth-order valence-electron chi connectivity index (χ4n) is 6.46. The van der Waals surface area contributed by atoms with Gasteiger partial charge in [0.2, 0.25) is 5.88 Å². The van der Waals surface area contributed by atoms with Crippen molar-refractivity contribution in [2.24, 2.45) is 10.9 Å². The van der Waals surface area contributed by atoms with Crippen molar-refractivity contribution in [3.63, 3.8) is 0 Å². The van der Waals surface area contributed by atoms with Crippen molar-refractivity contribution in [2.45, 2.75) is 44.6 Å². The number of aliphatic hydroxyl groups is 1. The van der Waals surface area contributed by atoms with Gasteiger partial charge in [0.1, 0.15) is 17.7 Å². The standard InChI is InChI=1S/C38H36ClN5O4/c1-38(2,45)48-33-20-28(44-17-16-30-36(44)40-23-41-37(30)46-3)18-27(33)22-47-29-15-14-26-19-31(39)35(42-32(26)21-29)43-34(24-10-6-4-7-11-24)25-12-8-5-9-13-25/h4-17,19,21,23,27-28,33,45H,18,20,22H2,1-3H3/t27?,28?,33-/m0/s1. The Bertz CT molecular complexity index is 2040. The number of pyridine rings is 1. The second kappa shape index (κ2) is 13.4. The number of hydrogen-bond acceptors (Lipinski definition) is 8. The summed E-state index contributed by atoms with van der Waals surface area (Å²) in [6.07, 6.45) is 4.76. The Balaban J connectivity index is 1.15. The Morgan fingerprint density at radius 1 is 0.958 bits per heavy atom. The second-order valence-corrected chi connectivity index (χ2v) is 12.9. The summed E-state index contributed by atoms with van der Waals surface area (Å²) in [5, 5.41) is 12.8. The van der Waals surface area contributed by atoms with E-state index in [9.17, 15) is 5.11 Å². The van der Waals surface area contributed by atoms with E-state index in [1.54, 1.807) is 21.0 Å². The number of rotatable bonds is 10. The first-order chi connectivity index (χ1) is 23.3. The van der Waals surface area contributed by atoms with E-state index in [2.05, 4.69) is 14.5 Å². The molecule has 0 radical (unpaired) electrons. The van der Waals surface area contributed by atoms with Gasteiger partial charge in [-0.1, -0.05) is 72.3 Å². The van der Waals surface area contributed by atoms with Crippen molar-refractivity contribution < 1.29 is 19.3 Å². The molecule has 3 atom stereocenters. The van der Waals surface area contributed by atoms with E-state index >= 15 is 0 Å². The molecule has 2 unspecified atom stereocenters. The molecule has 10 heteroatoms. The van der Waals surface area contributed by atoms with E-state index in [-0.39, 0.29) is 18.1 Å². The van der Waals surface area contributed by atoms with Gasteiger partial charge in [-0.3, -0.25) is 0 Å². The normalized spacial score (nSPS) is 17.9. The molecule has 0 saturated heterocycles. The lowest BCUT2D eigenvalue weighted by molar-refractivity contribution is -0.214.